The monoisotopic (exact) mass is 548 g/mol. The molecule has 1 fully saturated rings. The number of fused-ring (bicyclic) bond motifs is 6. The second-order valence-corrected chi connectivity index (χ2v) is 13.8. The smallest absolute Gasteiger partial charge is 0.0878 e. The molecule has 1 nitrogen and oxygen atoms in total. The molecule has 14 rings (SSSR count). The van der Waals surface area contributed by atoms with Gasteiger partial charge in [-0.2, -0.15) is 0 Å². The molecule has 1 saturated heterocycles. The van der Waals surface area contributed by atoms with Crippen molar-refractivity contribution in [3.8, 4) is 0 Å². The van der Waals surface area contributed by atoms with Gasteiger partial charge in [-0.25, -0.2) is 0 Å². The first kappa shape index (κ1) is 22.1. The molecular weight excluding hydrogens is 520 g/mol. The van der Waals surface area contributed by atoms with Crippen molar-refractivity contribution >= 4 is 10.8 Å². The van der Waals surface area contributed by atoms with Crippen molar-refractivity contribution < 1.29 is 4.74 Å². The largest absolute Gasteiger partial charge is 0.365 e. The molecule has 8 aliphatic rings. The lowest BCUT2D eigenvalue weighted by atomic mass is 9.50. The van der Waals surface area contributed by atoms with Gasteiger partial charge in [0.25, 0.3) is 0 Å². The second-order valence-electron chi connectivity index (χ2n) is 13.8. The van der Waals surface area contributed by atoms with Gasteiger partial charge in [-0.3, -0.25) is 0 Å². The summed E-state index contributed by atoms with van der Waals surface area (Å²) < 4.78 is 7.09. The lowest BCUT2D eigenvalue weighted by Gasteiger charge is -2.51. The van der Waals surface area contributed by atoms with Crippen molar-refractivity contribution in [3.63, 3.8) is 0 Å². The van der Waals surface area contributed by atoms with Crippen LogP contribution in [0.3, 0.4) is 0 Å². The van der Waals surface area contributed by atoms with E-state index in [0.29, 0.717) is 35.5 Å². The molecule has 0 radical (unpaired) electrons. The zero-order valence-corrected chi connectivity index (χ0v) is 23.6. The van der Waals surface area contributed by atoms with Crippen LogP contribution in [0.15, 0.2) is 121 Å². The minimum atomic E-state index is 0.164. The van der Waals surface area contributed by atoms with Gasteiger partial charge in [0, 0.05) is 35.5 Å². The lowest BCUT2D eigenvalue weighted by Crippen LogP contribution is -2.42. The van der Waals surface area contributed by atoms with Gasteiger partial charge in [-0.1, -0.05) is 97.1 Å². The highest BCUT2D eigenvalue weighted by Crippen LogP contribution is 2.72. The summed E-state index contributed by atoms with van der Waals surface area (Å²) in [5.41, 5.74) is 18.0. The van der Waals surface area contributed by atoms with Gasteiger partial charge < -0.3 is 4.74 Å². The summed E-state index contributed by atoms with van der Waals surface area (Å²) in [6, 6.07) is 46.9. The summed E-state index contributed by atoms with van der Waals surface area (Å²) in [7, 11) is 0. The molecule has 0 aromatic heterocycles. The molecule has 6 aromatic carbocycles. The third-order valence-corrected chi connectivity index (χ3v) is 12.3. The van der Waals surface area contributed by atoms with Crippen LogP contribution < -0.4 is 0 Å². The topological polar surface area (TPSA) is 9.23 Å². The first-order valence-corrected chi connectivity index (χ1v) is 16.0. The normalized spacial score (nSPS) is 30.2. The molecule has 2 aliphatic heterocycles. The fraction of sp³-hybridized carbons (Fsp3) is 0.190. The van der Waals surface area contributed by atoms with Gasteiger partial charge in [-0.05, 0) is 102 Å². The van der Waals surface area contributed by atoms with Crippen LogP contribution in [-0.2, 0) is 4.74 Å². The third kappa shape index (κ3) is 2.44. The van der Waals surface area contributed by atoms with Crippen molar-refractivity contribution in [2.45, 2.75) is 35.9 Å². The summed E-state index contributed by atoms with van der Waals surface area (Å²) in [6.07, 6.45) is 0.329. The summed E-state index contributed by atoms with van der Waals surface area (Å²) in [5.74, 6) is 2.43. The highest BCUT2D eigenvalue weighted by molar-refractivity contribution is 5.89. The van der Waals surface area contributed by atoms with Crippen LogP contribution >= 0.6 is 0 Å². The van der Waals surface area contributed by atoms with Gasteiger partial charge in [0.2, 0.25) is 0 Å². The van der Waals surface area contributed by atoms with E-state index in [0.717, 1.165) is 0 Å². The summed E-state index contributed by atoms with van der Waals surface area (Å²) in [6.45, 7) is 0. The van der Waals surface area contributed by atoms with Crippen LogP contribution in [0, 0.1) is 11.8 Å². The number of ether oxygens (including phenoxy) is 1. The van der Waals surface area contributed by atoms with Gasteiger partial charge in [-0.15, -0.1) is 0 Å². The highest BCUT2D eigenvalue weighted by atomic mass is 16.5. The number of rotatable bonds is 0. The molecule has 6 bridgehead atoms. The molecule has 0 saturated carbocycles. The fourth-order valence-electron chi connectivity index (χ4n) is 10.9. The Balaban J connectivity index is 1.06. The zero-order chi connectivity index (χ0) is 27.6. The van der Waals surface area contributed by atoms with E-state index in [-0.39, 0.29) is 12.2 Å². The summed E-state index contributed by atoms with van der Waals surface area (Å²) in [4.78, 5) is 0. The van der Waals surface area contributed by atoms with E-state index in [2.05, 4.69) is 121 Å². The SMILES string of the molecule is c1ccc2c(c1)C1c3ccccc3C2c2cc3cc4c(cc3cc21)[C@H]1O[C@H]4[C@H]2C3c4ccccc4C(c4ccccc43)[C@@H]21. The molecule has 43 heavy (non-hydrogen) atoms. The summed E-state index contributed by atoms with van der Waals surface area (Å²) in [5, 5.41) is 2.74. The molecular formula is C42H28O. The quantitative estimate of drug-likeness (QED) is 0.183. The Morgan fingerprint density at radius 3 is 0.977 bits per heavy atom. The van der Waals surface area contributed by atoms with Gasteiger partial charge >= 0.3 is 0 Å². The Morgan fingerprint density at radius 2 is 0.628 bits per heavy atom. The van der Waals surface area contributed by atoms with Crippen molar-refractivity contribution in [2.24, 2.45) is 11.8 Å². The average Bonchev–Trinajstić information content (AvgIpc) is 3.64. The predicted octanol–water partition coefficient (Wildman–Crippen LogP) is 9.48. The highest BCUT2D eigenvalue weighted by Gasteiger charge is 2.63. The van der Waals surface area contributed by atoms with Crippen molar-refractivity contribution in [2.75, 3.05) is 0 Å². The minimum absolute atomic E-state index is 0.164. The standard InChI is InChI=1S/C42H28O/c1-2-10-24-23(9-1)35-25-11-3-4-12-26(25)36(24)32-18-22-20-34-33(19-21(22)17-31(32)35)41-39-37-27-13-5-7-15-29(27)38(40(39)42(34)43-41)30-16-8-6-14-28(30)37/h1-20,35-42H/t35?,36?,37?,38?,39-,40-,41+,42+/m0/s1. The van der Waals surface area contributed by atoms with Crippen molar-refractivity contribution in [1.82, 2.24) is 0 Å². The molecule has 0 amide bonds. The average molecular weight is 549 g/mol. The van der Waals surface area contributed by atoms with E-state index in [1.165, 1.54) is 77.5 Å². The number of hydrogen-bond donors (Lipinski definition) is 0. The van der Waals surface area contributed by atoms with Crippen LogP contribution in [0.25, 0.3) is 10.8 Å². The third-order valence-electron chi connectivity index (χ3n) is 12.3. The van der Waals surface area contributed by atoms with Crippen molar-refractivity contribution in [1.29, 1.82) is 0 Å². The van der Waals surface area contributed by atoms with Crippen molar-refractivity contribution in [3.05, 3.63) is 188 Å². The number of hydrogen-bond acceptors (Lipinski definition) is 1. The van der Waals surface area contributed by atoms with E-state index >= 15 is 0 Å². The second kappa shape index (κ2) is 7.36. The molecule has 1 heteroatoms. The zero-order valence-electron chi connectivity index (χ0n) is 23.6. The lowest BCUT2D eigenvalue weighted by molar-refractivity contribution is 0.0533. The van der Waals surface area contributed by atoms with Crippen LogP contribution in [0.5, 0.6) is 0 Å². The van der Waals surface area contributed by atoms with E-state index in [4.69, 9.17) is 4.74 Å². The van der Waals surface area contributed by atoms with Gasteiger partial charge in [0.15, 0.2) is 0 Å². The van der Waals surface area contributed by atoms with Gasteiger partial charge in [0.05, 0.1) is 12.2 Å². The van der Waals surface area contributed by atoms with Crippen LogP contribution in [0.1, 0.15) is 103 Å². The maximum absolute atomic E-state index is 7.09. The molecule has 0 N–H and O–H groups in total. The first-order valence-electron chi connectivity index (χ1n) is 16.0. The fourth-order valence-corrected chi connectivity index (χ4v) is 10.9. The molecule has 0 unspecified atom stereocenters. The maximum atomic E-state index is 7.09. The van der Waals surface area contributed by atoms with E-state index in [1.807, 2.05) is 0 Å². The summed E-state index contributed by atoms with van der Waals surface area (Å²) >= 11 is 0. The minimum Gasteiger partial charge on any atom is -0.365 e. The maximum Gasteiger partial charge on any atom is 0.0878 e. The molecule has 4 atom stereocenters. The molecule has 6 aromatic rings. The molecule has 6 aliphatic carbocycles. The Labute approximate surface area is 250 Å². The van der Waals surface area contributed by atoms with Gasteiger partial charge in [0.1, 0.15) is 0 Å². The first-order chi connectivity index (χ1) is 21.3. The Hall–Kier alpha value is -4.46. The predicted molar refractivity (Wildman–Crippen MR) is 169 cm³/mol. The van der Waals surface area contributed by atoms with E-state index in [1.54, 1.807) is 0 Å². The molecule has 202 valence electrons. The Bertz CT molecular complexity index is 1990. The van der Waals surface area contributed by atoms with Crippen LogP contribution in [0.2, 0.25) is 0 Å². The molecule has 0 spiro atoms. The molecule has 2 heterocycles. The van der Waals surface area contributed by atoms with Crippen LogP contribution in [-0.4, -0.2) is 0 Å². The van der Waals surface area contributed by atoms with Crippen LogP contribution in [0.4, 0.5) is 0 Å². The number of benzene rings is 6. The van der Waals surface area contributed by atoms with E-state index in [9.17, 15) is 0 Å². The van der Waals surface area contributed by atoms with E-state index < -0.39 is 0 Å². The Morgan fingerprint density at radius 1 is 0.326 bits per heavy atom. The Kier molecular flexibility index (Phi) is 3.79.